The van der Waals surface area contributed by atoms with Gasteiger partial charge in [-0.3, -0.25) is 0 Å². The molecule has 0 bridgehead atoms. The molecule has 1 aromatic carbocycles. The van der Waals surface area contributed by atoms with E-state index in [4.69, 9.17) is 0 Å². The van der Waals surface area contributed by atoms with Crippen LogP contribution in [0, 0.1) is 5.82 Å². The maximum atomic E-state index is 12.8. The van der Waals surface area contributed by atoms with Crippen LogP contribution in [0.2, 0.25) is 0 Å². The van der Waals surface area contributed by atoms with Crippen molar-refractivity contribution in [2.45, 2.75) is 33.0 Å². The van der Waals surface area contributed by atoms with Gasteiger partial charge in [-0.2, -0.15) is 0 Å². The normalized spacial score (nSPS) is 12.6. The molecule has 0 saturated heterocycles. The minimum Gasteiger partial charge on any atom is -0.354 e. The molecule has 0 spiro atoms. The van der Waals surface area contributed by atoms with Crippen molar-refractivity contribution in [2.75, 3.05) is 0 Å². The summed E-state index contributed by atoms with van der Waals surface area (Å²) < 4.78 is 15.0. The maximum absolute atomic E-state index is 12.8. The minimum atomic E-state index is -0.189. The smallest absolute Gasteiger partial charge is 0.123 e. The van der Waals surface area contributed by atoms with E-state index in [0.29, 0.717) is 0 Å². The van der Waals surface area contributed by atoms with E-state index in [1.165, 1.54) is 17.7 Å². The third-order valence-electron chi connectivity index (χ3n) is 3.16. The lowest BCUT2D eigenvalue weighted by molar-refractivity contribution is 0.570. The van der Waals surface area contributed by atoms with Crippen molar-refractivity contribution < 1.29 is 4.39 Å². The first kappa shape index (κ1) is 12.8. The fourth-order valence-corrected chi connectivity index (χ4v) is 1.93. The Morgan fingerprint density at radius 2 is 1.94 bits per heavy atom. The van der Waals surface area contributed by atoms with Gasteiger partial charge >= 0.3 is 0 Å². The second-order valence-corrected chi connectivity index (χ2v) is 4.50. The molecule has 1 N–H and O–H groups in total. The Labute approximate surface area is 107 Å². The Hall–Kier alpha value is -1.61. The van der Waals surface area contributed by atoms with Gasteiger partial charge in [-0.1, -0.05) is 12.1 Å². The summed E-state index contributed by atoms with van der Waals surface area (Å²) in [5.74, 6) is -0.189. The molecule has 3 heteroatoms. The highest BCUT2D eigenvalue weighted by atomic mass is 19.1. The van der Waals surface area contributed by atoms with Crippen LogP contribution in [0.15, 0.2) is 42.7 Å². The van der Waals surface area contributed by atoms with Crippen LogP contribution >= 0.6 is 0 Å². The standard InChI is InChI=1S/C15H19FN2/c1-3-18-9-8-13(11-18)10-17-12(2)14-4-6-15(16)7-5-14/h4-9,11-12,17H,3,10H2,1-2H3/t12-/m1/s1. The number of aryl methyl sites for hydroxylation is 1. The fourth-order valence-electron chi connectivity index (χ4n) is 1.93. The molecule has 2 nitrogen and oxygen atoms in total. The molecular formula is C15H19FN2. The summed E-state index contributed by atoms with van der Waals surface area (Å²) in [6.07, 6.45) is 4.23. The Kier molecular flexibility index (Phi) is 4.15. The highest BCUT2D eigenvalue weighted by Crippen LogP contribution is 2.13. The lowest BCUT2D eigenvalue weighted by atomic mass is 10.1. The van der Waals surface area contributed by atoms with E-state index in [0.717, 1.165) is 18.7 Å². The average molecular weight is 246 g/mol. The predicted octanol–water partition coefficient (Wildman–Crippen LogP) is 3.50. The topological polar surface area (TPSA) is 17.0 Å². The molecule has 0 aliphatic rings. The second-order valence-electron chi connectivity index (χ2n) is 4.50. The first-order chi connectivity index (χ1) is 8.69. The number of rotatable bonds is 5. The van der Waals surface area contributed by atoms with Crippen LogP contribution in [0.4, 0.5) is 4.39 Å². The molecule has 0 aliphatic carbocycles. The number of halogens is 1. The third-order valence-corrected chi connectivity index (χ3v) is 3.16. The van der Waals surface area contributed by atoms with Crippen molar-refractivity contribution in [1.82, 2.24) is 9.88 Å². The van der Waals surface area contributed by atoms with Gasteiger partial charge in [0, 0.05) is 31.5 Å². The van der Waals surface area contributed by atoms with E-state index >= 15 is 0 Å². The average Bonchev–Trinajstić information content (AvgIpc) is 2.85. The highest BCUT2D eigenvalue weighted by Gasteiger charge is 2.05. The second kappa shape index (κ2) is 5.83. The van der Waals surface area contributed by atoms with E-state index in [2.05, 4.69) is 42.2 Å². The first-order valence-electron chi connectivity index (χ1n) is 6.32. The van der Waals surface area contributed by atoms with Crippen molar-refractivity contribution in [2.24, 2.45) is 0 Å². The largest absolute Gasteiger partial charge is 0.354 e. The number of aromatic nitrogens is 1. The zero-order chi connectivity index (χ0) is 13.0. The van der Waals surface area contributed by atoms with Crippen LogP contribution in [0.5, 0.6) is 0 Å². The van der Waals surface area contributed by atoms with Crippen molar-refractivity contribution in [3.63, 3.8) is 0 Å². The summed E-state index contributed by atoms with van der Waals surface area (Å²) in [5.41, 5.74) is 2.37. The molecule has 18 heavy (non-hydrogen) atoms. The van der Waals surface area contributed by atoms with E-state index < -0.39 is 0 Å². The molecular weight excluding hydrogens is 227 g/mol. The summed E-state index contributed by atoms with van der Waals surface area (Å²) in [4.78, 5) is 0. The minimum absolute atomic E-state index is 0.189. The predicted molar refractivity (Wildman–Crippen MR) is 71.8 cm³/mol. The van der Waals surface area contributed by atoms with Crippen molar-refractivity contribution >= 4 is 0 Å². The summed E-state index contributed by atoms with van der Waals surface area (Å²) >= 11 is 0. The molecule has 0 amide bonds. The Morgan fingerprint density at radius 3 is 2.56 bits per heavy atom. The lowest BCUT2D eigenvalue weighted by Gasteiger charge is -2.13. The molecule has 0 radical (unpaired) electrons. The zero-order valence-electron chi connectivity index (χ0n) is 10.9. The third kappa shape index (κ3) is 3.20. The van der Waals surface area contributed by atoms with Gasteiger partial charge in [-0.25, -0.2) is 4.39 Å². The first-order valence-corrected chi connectivity index (χ1v) is 6.32. The Morgan fingerprint density at radius 1 is 1.22 bits per heavy atom. The summed E-state index contributed by atoms with van der Waals surface area (Å²) in [5, 5.41) is 3.44. The fraction of sp³-hybridized carbons (Fsp3) is 0.333. The summed E-state index contributed by atoms with van der Waals surface area (Å²) in [6.45, 7) is 6.03. The van der Waals surface area contributed by atoms with E-state index in [-0.39, 0.29) is 11.9 Å². The van der Waals surface area contributed by atoms with Gasteiger partial charge in [0.15, 0.2) is 0 Å². The van der Waals surface area contributed by atoms with Gasteiger partial charge in [0.1, 0.15) is 5.82 Å². The number of benzene rings is 1. The van der Waals surface area contributed by atoms with Gasteiger partial charge < -0.3 is 9.88 Å². The van der Waals surface area contributed by atoms with E-state index in [1.54, 1.807) is 0 Å². The lowest BCUT2D eigenvalue weighted by Crippen LogP contribution is -2.17. The quantitative estimate of drug-likeness (QED) is 0.854. The molecule has 0 unspecified atom stereocenters. The molecule has 1 heterocycles. The van der Waals surface area contributed by atoms with Crippen molar-refractivity contribution in [3.8, 4) is 0 Å². The van der Waals surface area contributed by atoms with E-state index in [1.807, 2.05) is 12.1 Å². The molecule has 0 fully saturated rings. The molecule has 0 aliphatic heterocycles. The zero-order valence-corrected chi connectivity index (χ0v) is 10.9. The van der Waals surface area contributed by atoms with Crippen LogP contribution in [0.1, 0.15) is 31.0 Å². The SMILES string of the molecule is CCn1ccc(CN[C@H](C)c2ccc(F)cc2)c1. The maximum Gasteiger partial charge on any atom is 0.123 e. The monoisotopic (exact) mass is 246 g/mol. The molecule has 96 valence electrons. The van der Waals surface area contributed by atoms with Gasteiger partial charge in [-0.05, 0) is 43.2 Å². The molecule has 0 saturated carbocycles. The molecule has 2 rings (SSSR count). The molecule has 1 atom stereocenters. The van der Waals surface area contributed by atoms with Crippen LogP contribution in [-0.4, -0.2) is 4.57 Å². The Balaban J connectivity index is 1.91. The van der Waals surface area contributed by atoms with Gasteiger partial charge in [0.05, 0.1) is 0 Å². The van der Waals surface area contributed by atoms with Crippen LogP contribution in [-0.2, 0) is 13.1 Å². The number of hydrogen-bond acceptors (Lipinski definition) is 1. The Bertz CT molecular complexity index is 487. The van der Waals surface area contributed by atoms with Crippen molar-refractivity contribution in [3.05, 3.63) is 59.7 Å². The van der Waals surface area contributed by atoms with Crippen LogP contribution < -0.4 is 5.32 Å². The molecule has 2 aromatic rings. The highest BCUT2D eigenvalue weighted by molar-refractivity contribution is 5.19. The van der Waals surface area contributed by atoms with Crippen molar-refractivity contribution in [1.29, 1.82) is 0 Å². The van der Waals surface area contributed by atoms with Gasteiger partial charge in [0.2, 0.25) is 0 Å². The van der Waals surface area contributed by atoms with Crippen LogP contribution in [0.25, 0.3) is 0 Å². The summed E-state index contributed by atoms with van der Waals surface area (Å²) in [6, 6.07) is 8.99. The number of nitrogens with one attached hydrogen (secondary N) is 1. The van der Waals surface area contributed by atoms with Gasteiger partial charge in [-0.15, -0.1) is 0 Å². The number of hydrogen-bond donors (Lipinski definition) is 1. The molecule has 1 aromatic heterocycles. The number of nitrogens with zero attached hydrogens (tertiary/aromatic N) is 1. The van der Waals surface area contributed by atoms with Crippen LogP contribution in [0.3, 0.4) is 0 Å². The van der Waals surface area contributed by atoms with Gasteiger partial charge in [0.25, 0.3) is 0 Å². The van der Waals surface area contributed by atoms with E-state index in [9.17, 15) is 4.39 Å². The summed E-state index contributed by atoms with van der Waals surface area (Å²) in [7, 11) is 0.